The van der Waals surface area contributed by atoms with Crippen molar-refractivity contribution in [2.75, 3.05) is 44.8 Å². The normalized spacial score (nSPS) is 29.5. The van der Waals surface area contributed by atoms with Crippen molar-refractivity contribution < 1.29 is 9.26 Å². The van der Waals surface area contributed by atoms with Crippen molar-refractivity contribution in [3.05, 3.63) is 11.7 Å². The maximum absolute atomic E-state index is 5.69. The van der Waals surface area contributed by atoms with Crippen LogP contribution >= 0.6 is 11.8 Å². The van der Waals surface area contributed by atoms with E-state index >= 15 is 0 Å². The molecule has 0 aliphatic carbocycles. The summed E-state index contributed by atoms with van der Waals surface area (Å²) >= 11 is 1.97. The number of rotatable bonds is 3. The Labute approximate surface area is 117 Å². The van der Waals surface area contributed by atoms with E-state index in [1.807, 2.05) is 11.8 Å². The molecule has 2 unspecified atom stereocenters. The van der Waals surface area contributed by atoms with Gasteiger partial charge in [0.2, 0.25) is 11.7 Å². The molecule has 2 saturated heterocycles. The van der Waals surface area contributed by atoms with E-state index in [0.717, 1.165) is 38.4 Å². The van der Waals surface area contributed by atoms with Gasteiger partial charge in [0.05, 0.1) is 6.61 Å². The molecule has 0 amide bonds. The fourth-order valence-electron chi connectivity index (χ4n) is 2.38. The zero-order chi connectivity index (χ0) is 13.1. The van der Waals surface area contributed by atoms with Crippen LogP contribution in [0.4, 0.5) is 0 Å². The van der Waals surface area contributed by atoms with Crippen LogP contribution in [0.3, 0.4) is 0 Å². The number of nitrogens with zero attached hydrogens (tertiary/aromatic N) is 3. The van der Waals surface area contributed by atoms with E-state index in [2.05, 4.69) is 27.4 Å². The number of ether oxygens (including phenoxy) is 1. The first-order valence-electron chi connectivity index (χ1n) is 6.75. The molecule has 0 bridgehead atoms. The maximum Gasteiger partial charge on any atom is 0.228 e. The highest BCUT2D eigenvalue weighted by Crippen LogP contribution is 2.19. The second-order valence-electron chi connectivity index (χ2n) is 5.10. The summed E-state index contributed by atoms with van der Waals surface area (Å²) in [6, 6.07) is 0.446. The van der Waals surface area contributed by atoms with Crippen molar-refractivity contribution in [2.45, 2.75) is 18.6 Å². The molecule has 0 saturated carbocycles. The van der Waals surface area contributed by atoms with Gasteiger partial charge in [0.1, 0.15) is 6.10 Å². The van der Waals surface area contributed by atoms with Gasteiger partial charge in [0, 0.05) is 43.6 Å². The molecule has 7 heteroatoms. The van der Waals surface area contributed by atoms with E-state index in [0.29, 0.717) is 17.8 Å². The van der Waals surface area contributed by atoms with Crippen LogP contribution in [-0.4, -0.2) is 65.9 Å². The van der Waals surface area contributed by atoms with Crippen LogP contribution in [0.5, 0.6) is 0 Å². The Hall–Kier alpha value is -0.630. The van der Waals surface area contributed by atoms with Crippen molar-refractivity contribution in [3.8, 4) is 0 Å². The van der Waals surface area contributed by atoms with E-state index in [9.17, 15) is 0 Å². The topological polar surface area (TPSA) is 63.4 Å². The van der Waals surface area contributed by atoms with Crippen LogP contribution in [0.2, 0.25) is 0 Å². The number of nitrogens with one attached hydrogen (secondary N) is 1. The Kier molecular flexibility index (Phi) is 4.37. The molecule has 2 atom stereocenters. The first kappa shape index (κ1) is 13.4. The lowest BCUT2D eigenvalue weighted by Gasteiger charge is -2.27. The van der Waals surface area contributed by atoms with Crippen molar-refractivity contribution in [2.24, 2.45) is 0 Å². The second kappa shape index (κ2) is 6.21. The third-order valence-corrected chi connectivity index (χ3v) is 4.59. The minimum Gasteiger partial charge on any atom is -0.367 e. The maximum atomic E-state index is 5.69. The molecule has 0 radical (unpaired) electrons. The van der Waals surface area contributed by atoms with Gasteiger partial charge in [-0.05, 0) is 7.05 Å². The highest BCUT2D eigenvalue weighted by molar-refractivity contribution is 7.99. The SMILES string of the molecule is CN1CCOC(c2noc(CC3CSCCN3)n2)C1. The Bertz CT molecular complexity index is 408. The minimum atomic E-state index is -0.0510. The molecule has 0 aromatic carbocycles. The van der Waals surface area contributed by atoms with Gasteiger partial charge in [-0.15, -0.1) is 0 Å². The number of aromatic nitrogens is 2. The largest absolute Gasteiger partial charge is 0.367 e. The molecule has 3 heterocycles. The van der Waals surface area contributed by atoms with E-state index in [-0.39, 0.29) is 6.10 Å². The first-order valence-corrected chi connectivity index (χ1v) is 7.90. The van der Waals surface area contributed by atoms with Gasteiger partial charge < -0.3 is 19.5 Å². The summed E-state index contributed by atoms with van der Waals surface area (Å²) in [5, 5.41) is 7.54. The van der Waals surface area contributed by atoms with Gasteiger partial charge in [0.15, 0.2) is 0 Å². The molecule has 6 nitrogen and oxygen atoms in total. The standard InChI is InChI=1S/C12H20N4O2S/c1-16-3-4-17-10(7-16)12-14-11(18-15-12)6-9-8-19-5-2-13-9/h9-10,13H,2-8H2,1H3. The second-order valence-corrected chi connectivity index (χ2v) is 6.25. The lowest BCUT2D eigenvalue weighted by Crippen LogP contribution is -2.39. The molecule has 19 heavy (non-hydrogen) atoms. The average molecular weight is 284 g/mol. The Morgan fingerprint density at radius 2 is 2.47 bits per heavy atom. The van der Waals surface area contributed by atoms with Gasteiger partial charge in [-0.3, -0.25) is 0 Å². The predicted molar refractivity (Wildman–Crippen MR) is 73.3 cm³/mol. The third kappa shape index (κ3) is 3.47. The Balaban J connectivity index is 1.59. The summed E-state index contributed by atoms with van der Waals surface area (Å²) in [7, 11) is 2.08. The third-order valence-electron chi connectivity index (χ3n) is 3.46. The summed E-state index contributed by atoms with van der Waals surface area (Å²) in [5.74, 6) is 3.70. The molecule has 0 spiro atoms. The number of hydrogen-bond acceptors (Lipinski definition) is 7. The molecular weight excluding hydrogens is 264 g/mol. The number of thioether (sulfide) groups is 1. The molecule has 1 aromatic rings. The summed E-state index contributed by atoms with van der Waals surface area (Å²) in [6.07, 6.45) is 0.757. The van der Waals surface area contributed by atoms with Crippen LogP contribution in [-0.2, 0) is 11.2 Å². The van der Waals surface area contributed by atoms with Crippen LogP contribution in [0.1, 0.15) is 17.8 Å². The molecule has 2 aliphatic rings. The highest BCUT2D eigenvalue weighted by Gasteiger charge is 2.25. The molecule has 106 valence electrons. The fourth-order valence-corrected chi connectivity index (χ4v) is 3.33. The van der Waals surface area contributed by atoms with Crippen molar-refractivity contribution in [3.63, 3.8) is 0 Å². The summed E-state index contributed by atoms with van der Waals surface area (Å²) in [5.41, 5.74) is 0. The van der Waals surface area contributed by atoms with Crippen molar-refractivity contribution in [1.82, 2.24) is 20.4 Å². The number of morpholine rings is 1. The molecule has 1 N–H and O–H groups in total. The van der Waals surface area contributed by atoms with Crippen molar-refractivity contribution >= 4 is 11.8 Å². The molecule has 2 fully saturated rings. The van der Waals surface area contributed by atoms with Crippen molar-refractivity contribution in [1.29, 1.82) is 0 Å². The summed E-state index contributed by atoms with van der Waals surface area (Å²) in [4.78, 5) is 6.71. The van der Waals surface area contributed by atoms with Gasteiger partial charge in [-0.1, -0.05) is 5.16 Å². The minimum absolute atomic E-state index is 0.0510. The van der Waals surface area contributed by atoms with E-state index in [4.69, 9.17) is 9.26 Å². The van der Waals surface area contributed by atoms with E-state index in [1.165, 1.54) is 5.75 Å². The lowest BCUT2D eigenvalue weighted by molar-refractivity contribution is -0.0264. The van der Waals surface area contributed by atoms with Crippen LogP contribution in [0.15, 0.2) is 4.52 Å². The first-order chi connectivity index (χ1) is 9.31. The Morgan fingerprint density at radius 1 is 1.53 bits per heavy atom. The monoisotopic (exact) mass is 284 g/mol. The van der Waals surface area contributed by atoms with Gasteiger partial charge in [-0.25, -0.2) is 0 Å². The van der Waals surface area contributed by atoms with Crippen LogP contribution in [0.25, 0.3) is 0 Å². The summed E-state index contributed by atoms with van der Waals surface area (Å²) < 4.78 is 11.0. The highest BCUT2D eigenvalue weighted by atomic mass is 32.2. The molecular formula is C12H20N4O2S. The van der Waals surface area contributed by atoms with E-state index in [1.54, 1.807) is 0 Å². The predicted octanol–water partition coefficient (Wildman–Crippen LogP) is 0.320. The zero-order valence-electron chi connectivity index (χ0n) is 11.2. The summed E-state index contributed by atoms with van der Waals surface area (Å²) in [6.45, 7) is 3.58. The molecule has 1 aromatic heterocycles. The molecule has 2 aliphatic heterocycles. The Morgan fingerprint density at radius 3 is 3.26 bits per heavy atom. The lowest BCUT2D eigenvalue weighted by atomic mass is 10.2. The van der Waals surface area contributed by atoms with Gasteiger partial charge in [-0.2, -0.15) is 16.7 Å². The number of hydrogen-bond donors (Lipinski definition) is 1. The fraction of sp³-hybridized carbons (Fsp3) is 0.833. The van der Waals surface area contributed by atoms with Gasteiger partial charge in [0.25, 0.3) is 0 Å². The molecule has 3 rings (SSSR count). The van der Waals surface area contributed by atoms with Gasteiger partial charge >= 0.3 is 0 Å². The average Bonchev–Trinajstić information content (AvgIpc) is 2.88. The quantitative estimate of drug-likeness (QED) is 0.857. The zero-order valence-corrected chi connectivity index (χ0v) is 12.0. The van der Waals surface area contributed by atoms with Crippen LogP contribution < -0.4 is 5.32 Å². The number of likely N-dealkylation sites (N-methyl/N-ethyl adjacent to an activating group) is 1. The van der Waals surface area contributed by atoms with Crippen LogP contribution in [0, 0.1) is 0 Å². The van der Waals surface area contributed by atoms with E-state index < -0.39 is 0 Å². The smallest absolute Gasteiger partial charge is 0.228 e.